The van der Waals surface area contributed by atoms with Crippen LogP contribution in [0.4, 0.5) is 0 Å². The fourth-order valence-electron chi connectivity index (χ4n) is 1.21. The predicted molar refractivity (Wildman–Crippen MR) is 59.1 cm³/mol. The molecule has 2 atom stereocenters. The van der Waals surface area contributed by atoms with Crippen molar-refractivity contribution in [3.63, 3.8) is 0 Å². The van der Waals surface area contributed by atoms with E-state index in [1.54, 1.807) is 6.20 Å². The standard InChI is InChI=1S/C11H17N3O/c1-3-9(12)11(15)14-8(2)10-6-4-5-7-13-10/h4-9H,3,12H2,1-2H3,(H,14,15)/t8?,9-/m1/s1. The molecule has 1 heterocycles. The minimum atomic E-state index is -0.434. The Balaban J connectivity index is 2.56. The van der Waals surface area contributed by atoms with Crippen LogP contribution in [0.2, 0.25) is 0 Å². The van der Waals surface area contributed by atoms with Gasteiger partial charge in [-0.1, -0.05) is 13.0 Å². The van der Waals surface area contributed by atoms with Crippen molar-refractivity contribution >= 4 is 5.91 Å². The second-order valence-electron chi connectivity index (χ2n) is 3.50. The van der Waals surface area contributed by atoms with E-state index in [9.17, 15) is 4.79 Å². The molecule has 4 nitrogen and oxygen atoms in total. The second-order valence-corrected chi connectivity index (χ2v) is 3.50. The second kappa shape index (κ2) is 5.46. The first-order valence-electron chi connectivity index (χ1n) is 5.12. The van der Waals surface area contributed by atoms with Crippen LogP contribution in [0.25, 0.3) is 0 Å². The molecule has 0 aliphatic carbocycles. The molecule has 0 saturated heterocycles. The van der Waals surface area contributed by atoms with Crippen molar-refractivity contribution in [3.05, 3.63) is 30.1 Å². The number of pyridine rings is 1. The molecule has 0 spiro atoms. The first kappa shape index (κ1) is 11.7. The number of rotatable bonds is 4. The van der Waals surface area contributed by atoms with Gasteiger partial charge in [0.1, 0.15) is 0 Å². The smallest absolute Gasteiger partial charge is 0.237 e. The average molecular weight is 207 g/mol. The monoisotopic (exact) mass is 207 g/mol. The van der Waals surface area contributed by atoms with E-state index in [1.165, 1.54) is 0 Å². The molecule has 1 amide bonds. The van der Waals surface area contributed by atoms with Gasteiger partial charge < -0.3 is 11.1 Å². The Labute approximate surface area is 89.9 Å². The number of carbonyl (C=O) groups excluding carboxylic acids is 1. The van der Waals surface area contributed by atoms with Crippen LogP contribution in [0, 0.1) is 0 Å². The molecule has 1 aromatic rings. The van der Waals surface area contributed by atoms with E-state index in [4.69, 9.17) is 5.73 Å². The number of aromatic nitrogens is 1. The molecule has 3 N–H and O–H groups in total. The summed E-state index contributed by atoms with van der Waals surface area (Å²) >= 11 is 0. The lowest BCUT2D eigenvalue weighted by Crippen LogP contribution is -2.41. The molecular formula is C11H17N3O. The largest absolute Gasteiger partial charge is 0.347 e. The number of hydrogen-bond acceptors (Lipinski definition) is 3. The van der Waals surface area contributed by atoms with E-state index >= 15 is 0 Å². The molecular weight excluding hydrogens is 190 g/mol. The quantitative estimate of drug-likeness (QED) is 0.773. The molecule has 0 radical (unpaired) electrons. The van der Waals surface area contributed by atoms with Crippen LogP contribution in [0.15, 0.2) is 24.4 Å². The zero-order valence-corrected chi connectivity index (χ0v) is 9.10. The highest BCUT2D eigenvalue weighted by molar-refractivity contribution is 5.81. The molecule has 0 saturated carbocycles. The summed E-state index contributed by atoms with van der Waals surface area (Å²) in [5.74, 6) is -0.129. The van der Waals surface area contributed by atoms with Crippen molar-refractivity contribution in [1.82, 2.24) is 10.3 Å². The number of nitrogens with one attached hydrogen (secondary N) is 1. The Morgan fingerprint density at radius 2 is 2.33 bits per heavy atom. The van der Waals surface area contributed by atoms with Crippen molar-refractivity contribution in [2.75, 3.05) is 0 Å². The number of nitrogens with two attached hydrogens (primary N) is 1. The van der Waals surface area contributed by atoms with E-state index in [-0.39, 0.29) is 11.9 Å². The van der Waals surface area contributed by atoms with Crippen LogP contribution in [0.3, 0.4) is 0 Å². The van der Waals surface area contributed by atoms with Crippen molar-refractivity contribution < 1.29 is 4.79 Å². The van der Waals surface area contributed by atoms with Gasteiger partial charge in [0.15, 0.2) is 0 Å². The van der Waals surface area contributed by atoms with Gasteiger partial charge in [0.05, 0.1) is 17.8 Å². The fraction of sp³-hybridized carbons (Fsp3) is 0.455. The van der Waals surface area contributed by atoms with Crippen molar-refractivity contribution in [3.8, 4) is 0 Å². The van der Waals surface area contributed by atoms with Crippen LogP contribution >= 0.6 is 0 Å². The average Bonchev–Trinajstić information content (AvgIpc) is 2.29. The maximum atomic E-state index is 11.5. The normalized spacial score (nSPS) is 14.3. The SMILES string of the molecule is CC[C@@H](N)C(=O)NC(C)c1ccccn1. The van der Waals surface area contributed by atoms with Crippen LogP contribution in [0.1, 0.15) is 32.0 Å². The first-order valence-corrected chi connectivity index (χ1v) is 5.12. The number of nitrogens with zero attached hydrogens (tertiary/aromatic N) is 1. The maximum Gasteiger partial charge on any atom is 0.237 e. The minimum Gasteiger partial charge on any atom is -0.347 e. The van der Waals surface area contributed by atoms with E-state index in [0.29, 0.717) is 6.42 Å². The lowest BCUT2D eigenvalue weighted by molar-refractivity contribution is -0.123. The Bertz CT molecular complexity index is 313. The van der Waals surface area contributed by atoms with Gasteiger partial charge in [0.2, 0.25) is 5.91 Å². The third kappa shape index (κ3) is 3.32. The molecule has 82 valence electrons. The minimum absolute atomic E-state index is 0.101. The van der Waals surface area contributed by atoms with E-state index in [0.717, 1.165) is 5.69 Å². The van der Waals surface area contributed by atoms with Crippen LogP contribution < -0.4 is 11.1 Å². The van der Waals surface area contributed by atoms with Crippen LogP contribution in [-0.4, -0.2) is 16.9 Å². The Hall–Kier alpha value is -1.42. The maximum absolute atomic E-state index is 11.5. The molecule has 0 aromatic carbocycles. The van der Waals surface area contributed by atoms with Gasteiger partial charge in [-0.3, -0.25) is 9.78 Å². The number of hydrogen-bond donors (Lipinski definition) is 2. The molecule has 1 rings (SSSR count). The molecule has 15 heavy (non-hydrogen) atoms. The highest BCUT2D eigenvalue weighted by Gasteiger charge is 2.14. The molecule has 1 unspecified atom stereocenters. The van der Waals surface area contributed by atoms with E-state index < -0.39 is 6.04 Å². The van der Waals surface area contributed by atoms with Crippen LogP contribution in [-0.2, 0) is 4.79 Å². The zero-order chi connectivity index (χ0) is 11.3. The molecule has 0 bridgehead atoms. The Morgan fingerprint density at radius 1 is 1.60 bits per heavy atom. The van der Waals surface area contributed by atoms with Gasteiger partial charge in [0.25, 0.3) is 0 Å². The summed E-state index contributed by atoms with van der Waals surface area (Å²) < 4.78 is 0. The number of carbonyl (C=O) groups is 1. The van der Waals surface area contributed by atoms with Gasteiger partial charge in [0, 0.05) is 6.20 Å². The molecule has 0 fully saturated rings. The van der Waals surface area contributed by atoms with Gasteiger partial charge in [-0.15, -0.1) is 0 Å². The summed E-state index contributed by atoms with van der Waals surface area (Å²) in [7, 11) is 0. The number of amides is 1. The lowest BCUT2D eigenvalue weighted by atomic mass is 10.2. The van der Waals surface area contributed by atoms with Crippen molar-refractivity contribution in [2.24, 2.45) is 5.73 Å². The molecule has 1 aromatic heterocycles. The molecule has 0 aliphatic heterocycles. The van der Waals surface area contributed by atoms with Gasteiger partial charge >= 0.3 is 0 Å². The third-order valence-electron chi connectivity index (χ3n) is 2.27. The van der Waals surface area contributed by atoms with Gasteiger partial charge in [-0.05, 0) is 25.5 Å². The van der Waals surface area contributed by atoms with E-state index in [2.05, 4.69) is 10.3 Å². The third-order valence-corrected chi connectivity index (χ3v) is 2.27. The summed E-state index contributed by atoms with van der Waals surface area (Å²) in [4.78, 5) is 15.7. The summed E-state index contributed by atoms with van der Waals surface area (Å²) in [6.45, 7) is 3.78. The topological polar surface area (TPSA) is 68.0 Å². The van der Waals surface area contributed by atoms with Crippen molar-refractivity contribution in [1.29, 1.82) is 0 Å². The highest BCUT2D eigenvalue weighted by atomic mass is 16.2. The summed E-state index contributed by atoms with van der Waals surface area (Å²) in [5.41, 5.74) is 6.45. The molecule has 0 aliphatic rings. The van der Waals surface area contributed by atoms with E-state index in [1.807, 2.05) is 32.0 Å². The highest BCUT2D eigenvalue weighted by Crippen LogP contribution is 2.07. The first-order chi connectivity index (χ1) is 7.15. The summed E-state index contributed by atoms with van der Waals surface area (Å²) in [6.07, 6.45) is 2.35. The zero-order valence-electron chi connectivity index (χ0n) is 9.10. The lowest BCUT2D eigenvalue weighted by Gasteiger charge is -2.15. The molecule has 4 heteroatoms. The Morgan fingerprint density at radius 3 is 2.87 bits per heavy atom. The predicted octanol–water partition coefficient (Wildman–Crippen LogP) is 0.996. The summed E-state index contributed by atoms with van der Waals surface area (Å²) in [6, 6.07) is 5.08. The van der Waals surface area contributed by atoms with Gasteiger partial charge in [-0.25, -0.2) is 0 Å². The summed E-state index contributed by atoms with van der Waals surface area (Å²) in [5, 5.41) is 2.82. The fourth-order valence-corrected chi connectivity index (χ4v) is 1.21. The Kier molecular flexibility index (Phi) is 4.24. The van der Waals surface area contributed by atoms with Crippen LogP contribution in [0.5, 0.6) is 0 Å². The van der Waals surface area contributed by atoms with Crippen molar-refractivity contribution in [2.45, 2.75) is 32.4 Å². The van der Waals surface area contributed by atoms with Gasteiger partial charge in [-0.2, -0.15) is 0 Å².